The van der Waals surface area contributed by atoms with E-state index < -0.39 is 48.5 Å². The van der Waals surface area contributed by atoms with Crippen molar-refractivity contribution in [2.24, 2.45) is 0 Å². The molecule has 0 aromatic heterocycles. The van der Waals surface area contributed by atoms with Gasteiger partial charge in [0.2, 0.25) is 11.8 Å². The average molecular weight is 463 g/mol. The summed E-state index contributed by atoms with van der Waals surface area (Å²) in [5.41, 5.74) is 1.35. The first-order chi connectivity index (χ1) is 15.1. The molecule has 0 aliphatic carbocycles. The number of ether oxygens (including phenoxy) is 4. The molecule has 13 heteroatoms. The van der Waals surface area contributed by atoms with Gasteiger partial charge in [0.25, 0.3) is 0 Å². The molecule has 32 heavy (non-hydrogen) atoms. The summed E-state index contributed by atoms with van der Waals surface area (Å²) in [6, 6.07) is 0. The van der Waals surface area contributed by atoms with Gasteiger partial charge >= 0.3 is 6.09 Å². The van der Waals surface area contributed by atoms with Gasteiger partial charge in [-0.05, 0) is 33.6 Å². The minimum absolute atomic E-state index is 0.102. The summed E-state index contributed by atoms with van der Waals surface area (Å²) in [5.74, 6) is -0.594. The van der Waals surface area contributed by atoms with Crippen LogP contribution in [0, 0.1) is 0 Å². The average Bonchev–Trinajstić information content (AvgIpc) is 3.47. The van der Waals surface area contributed by atoms with Crippen LogP contribution < -0.4 is 16.1 Å². The highest BCUT2D eigenvalue weighted by Crippen LogP contribution is 2.35. The largest absolute Gasteiger partial charge is 0.442 e. The number of carbonyl (C=O) groups is 3. The van der Waals surface area contributed by atoms with Crippen LogP contribution in [0.5, 0.6) is 0 Å². The van der Waals surface area contributed by atoms with Crippen molar-refractivity contribution in [1.82, 2.24) is 16.1 Å². The zero-order chi connectivity index (χ0) is 23.7. The molecule has 2 fully saturated rings. The van der Waals surface area contributed by atoms with Gasteiger partial charge in [-0.1, -0.05) is 0 Å². The Balaban J connectivity index is 1.41. The predicted molar refractivity (Wildman–Crippen MR) is 107 cm³/mol. The van der Waals surface area contributed by atoms with Crippen LogP contribution in [-0.2, 0) is 33.4 Å². The first-order valence-electron chi connectivity index (χ1n) is 10.5. The normalized spacial score (nSPS) is 26.6. The second kappa shape index (κ2) is 12.3. The van der Waals surface area contributed by atoms with Gasteiger partial charge in [-0.3, -0.25) is 14.4 Å². The van der Waals surface area contributed by atoms with Crippen LogP contribution in [0.15, 0.2) is 0 Å². The molecular formula is C19H33N3O10. The van der Waals surface area contributed by atoms with Gasteiger partial charge in [0.05, 0.1) is 6.61 Å². The molecule has 184 valence electrons. The lowest BCUT2D eigenvalue weighted by molar-refractivity contribution is -0.242. The Labute approximate surface area is 186 Å². The molecule has 0 bridgehead atoms. The van der Waals surface area contributed by atoms with Crippen LogP contribution in [0.4, 0.5) is 4.79 Å². The predicted octanol–water partition coefficient (Wildman–Crippen LogP) is -1.33. The van der Waals surface area contributed by atoms with Gasteiger partial charge in [-0.2, -0.15) is 5.48 Å². The number of hydroxylamine groups is 1. The number of carbonyl (C=O) groups excluding carboxylic acids is 3. The Kier molecular flexibility index (Phi) is 10.1. The Bertz CT molecular complexity index is 641. The summed E-state index contributed by atoms with van der Waals surface area (Å²) < 4.78 is 20.6. The number of unbranched alkanes of at least 4 members (excludes halogenated alkanes) is 1. The molecule has 2 aliphatic rings. The van der Waals surface area contributed by atoms with E-state index in [9.17, 15) is 24.6 Å². The molecule has 0 aromatic carbocycles. The van der Waals surface area contributed by atoms with Crippen molar-refractivity contribution in [1.29, 1.82) is 0 Å². The van der Waals surface area contributed by atoms with Crippen LogP contribution in [0.25, 0.3) is 0 Å². The van der Waals surface area contributed by atoms with Crippen molar-refractivity contribution in [3.05, 3.63) is 0 Å². The van der Waals surface area contributed by atoms with Gasteiger partial charge < -0.3 is 39.8 Å². The number of nitrogens with one attached hydrogen (secondary N) is 3. The van der Waals surface area contributed by atoms with Crippen LogP contribution >= 0.6 is 0 Å². The zero-order valence-corrected chi connectivity index (χ0v) is 18.5. The first-order valence-corrected chi connectivity index (χ1v) is 10.5. The van der Waals surface area contributed by atoms with E-state index in [2.05, 4.69) is 10.6 Å². The fourth-order valence-corrected chi connectivity index (χ4v) is 2.77. The minimum Gasteiger partial charge on any atom is -0.442 e. The van der Waals surface area contributed by atoms with E-state index in [1.807, 2.05) is 5.48 Å². The zero-order valence-electron chi connectivity index (χ0n) is 18.5. The quantitative estimate of drug-likeness (QED) is 0.132. The number of aliphatic hydroxyl groups is 2. The summed E-state index contributed by atoms with van der Waals surface area (Å²) in [7, 11) is 0. The number of fused-ring (bicyclic) bond motifs is 1. The topological polar surface area (TPSA) is 177 Å². The van der Waals surface area contributed by atoms with Gasteiger partial charge in [0.1, 0.15) is 23.9 Å². The summed E-state index contributed by atoms with van der Waals surface area (Å²) in [6.07, 6.45) is -3.70. The van der Waals surface area contributed by atoms with Crippen molar-refractivity contribution in [2.75, 3.05) is 26.3 Å². The van der Waals surface area contributed by atoms with Crippen LogP contribution in [0.3, 0.4) is 0 Å². The fraction of sp³-hybridized carbons (Fsp3) is 0.842. The van der Waals surface area contributed by atoms with E-state index >= 15 is 0 Å². The van der Waals surface area contributed by atoms with E-state index in [1.54, 1.807) is 20.8 Å². The van der Waals surface area contributed by atoms with Gasteiger partial charge in [0, 0.05) is 19.5 Å². The summed E-state index contributed by atoms with van der Waals surface area (Å²) >= 11 is 0. The number of hydrogen-bond donors (Lipinski definition) is 5. The molecule has 5 N–H and O–H groups in total. The Morgan fingerprint density at radius 1 is 0.969 bits per heavy atom. The van der Waals surface area contributed by atoms with E-state index in [4.69, 9.17) is 23.8 Å². The summed E-state index contributed by atoms with van der Waals surface area (Å²) in [4.78, 5) is 39.5. The molecule has 2 heterocycles. The molecule has 5 atom stereocenters. The molecule has 2 aliphatic heterocycles. The van der Waals surface area contributed by atoms with E-state index in [0.29, 0.717) is 19.4 Å². The number of aliphatic hydroxyl groups excluding tert-OH is 2. The molecule has 3 amide bonds. The Hall–Kier alpha value is -2.03. The van der Waals surface area contributed by atoms with Crippen molar-refractivity contribution in [2.45, 2.75) is 76.5 Å². The molecular weight excluding hydrogens is 430 g/mol. The third-order valence-electron chi connectivity index (χ3n) is 4.33. The molecule has 0 radical (unpaired) electrons. The molecule has 2 saturated heterocycles. The fourth-order valence-electron chi connectivity index (χ4n) is 2.77. The third kappa shape index (κ3) is 9.63. The van der Waals surface area contributed by atoms with Crippen LogP contribution in [0.1, 0.15) is 40.0 Å². The monoisotopic (exact) mass is 463 g/mol. The second-order valence-corrected chi connectivity index (χ2v) is 8.38. The molecule has 5 unspecified atom stereocenters. The maximum Gasteiger partial charge on any atom is 0.431 e. The van der Waals surface area contributed by atoms with Gasteiger partial charge in [-0.25, -0.2) is 4.79 Å². The van der Waals surface area contributed by atoms with Crippen molar-refractivity contribution in [3.63, 3.8) is 0 Å². The number of hydrogen-bond acceptors (Lipinski definition) is 10. The SMILES string of the molecule is CC(C)(C)OC(=O)NOCC(=O)NCCCCC(=O)NCCOC1OC2OC2C(O)C1O. The number of rotatable bonds is 12. The Morgan fingerprint density at radius 3 is 2.41 bits per heavy atom. The molecule has 2 rings (SSSR count). The van der Waals surface area contributed by atoms with Crippen molar-refractivity contribution < 1.29 is 48.4 Å². The minimum atomic E-state index is -1.21. The van der Waals surface area contributed by atoms with Crippen LogP contribution in [0.2, 0.25) is 0 Å². The third-order valence-corrected chi connectivity index (χ3v) is 4.33. The lowest BCUT2D eigenvalue weighted by Gasteiger charge is -2.28. The van der Waals surface area contributed by atoms with Gasteiger partial charge in [-0.15, -0.1) is 0 Å². The highest BCUT2D eigenvalue weighted by Gasteiger charge is 2.56. The lowest BCUT2D eigenvalue weighted by Crippen LogP contribution is -2.49. The maximum absolute atomic E-state index is 11.8. The molecule has 0 aromatic rings. The Morgan fingerprint density at radius 2 is 1.69 bits per heavy atom. The standard InChI is InChI=1S/C19H33N3O10/c1-19(2,3)32-18(27)22-29-10-12(24)20-7-5-4-6-11(23)21-8-9-28-16-14(26)13(25)15-17(30-15)31-16/h13-17,25-26H,4-10H2,1-3H3,(H,20,24)(H,21,23)(H,22,27). The summed E-state index contributed by atoms with van der Waals surface area (Å²) in [5, 5.41) is 24.8. The van der Waals surface area contributed by atoms with E-state index in [-0.39, 0.29) is 32.1 Å². The van der Waals surface area contributed by atoms with Crippen molar-refractivity contribution in [3.8, 4) is 0 Å². The lowest BCUT2D eigenvalue weighted by atomic mass is 10.1. The summed E-state index contributed by atoms with van der Waals surface area (Å²) in [6.45, 7) is 5.43. The van der Waals surface area contributed by atoms with E-state index in [1.165, 1.54) is 0 Å². The molecule has 0 spiro atoms. The number of epoxide rings is 1. The van der Waals surface area contributed by atoms with E-state index in [0.717, 1.165) is 0 Å². The highest BCUT2D eigenvalue weighted by molar-refractivity contribution is 5.77. The van der Waals surface area contributed by atoms with Crippen molar-refractivity contribution >= 4 is 17.9 Å². The second-order valence-electron chi connectivity index (χ2n) is 8.38. The molecule has 13 nitrogen and oxygen atoms in total. The van der Waals surface area contributed by atoms with Gasteiger partial charge in [0.15, 0.2) is 19.2 Å². The smallest absolute Gasteiger partial charge is 0.431 e. The number of amides is 3. The highest BCUT2D eigenvalue weighted by atomic mass is 16.8. The van der Waals surface area contributed by atoms with Crippen LogP contribution in [-0.4, -0.2) is 90.9 Å². The maximum atomic E-state index is 11.8. The first kappa shape index (κ1) is 26.2. The molecule has 0 saturated carbocycles.